The minimum absolute atomic E-state index is 0.166. The number of halogens is 1. The lowest BCUT2D eigenvalue weighted by Crippen LogP contribution is -2.51. The number of carbonyl (C=O) groups is 2. The van der Waals surface area contributed by atoms with Gasteiger partial charge in [-0.15, -0.1) is 0 Å². The van der Waals surface area contributed by atoms with E-state index in [-0.39, 0.29) is 18.4 Å². The Hall–Kier alpha value is -3.31. The number of nitrogens with zero attached hydrogens (tertiary/aromatic N) is 1. The number of hydrogen-bond acceptors (Lipinski definition) is 3. The molecule has 3 aromatic carbocycles. The van der Waals surface area contributed by atoms with E-state index >= 15 is 0 Å². The summed E-state index contributed by atoms with van der Waals surface area (Å²) in [6.45, 7) is 8.51. The average molecular weight is 507 g/mol. The Morgan fingerprint density at radius 3 is 2.22 bits per heavy atom. The molecule has 1 N–H and O–H groups in total. The summed E-state index contributed by atoms with van der Waals surface area (Å²) in [5.74, 6) is 0.158. The van der Waals surface area contributed by atoms with Gasteiger partial charge >= 0.3 is 0 Å². The van der Waals surface area contributed by atoms with Gasteiger partial charge in [0.1, 0.15) is 11.8 Å². The summed E-state index contributed by atoms with van der Waals surface area (Å²) in [5.41, 5.74) is 4.81. The molecule has 0 fully saturated rings. The van der Waals surface area contributed by atoms with Crippen LogP contribution in [0.4, 0.5) is 0 Å². The van der Waals surface area contributed by atoms with Crippen molar-refractivity contribution in [3.63, 3.8) is 0 Å². The van der Waals surface area contributed by atoms with Crippen molar-refractivity contribution in [1.29, 1.82) is 0 Å². The second-order valence-electron chi connectivity index (χ2n) is 9.10. The van der Waals surface area contributed by atoms with E-state index in [0.717, 1.165) is 34.2 Å². The summed E-state index contributed by atoms with van der Waals surface area (Å²) in [7, 11) is 0. The molecular formula is C30H35ClN2O3. The molecule has 1 atom stereocenters. The van der Waals surface area contributed by atoms with Crippen molar-refractivity contribution in [3.8, 4) is 5.75 Å². The number of carbonyl (C=O) groups excluding carboxylic acids is 2. The first-order chi connectivity index (χ1) is 17.3. The Labute approximate surface area is 219 Å². The third kappa shape index (κ3) is 7.34. The van der Waals surface area contributed by atoms with E-state index in [2.05, 4.69) is 5.32 Å². The zero-order valence-electron chi connectivity index (χ0n) is 21.5. The van der Waals surface area contributed by atoms with Gasteiger partial charge in [0.2, 0.25) is 5.91 Å². The molecule has 5 nitrogen and oxygen atoms in total. The number of aryl methyl sites for hydroxylation is 3. The smallest absolute Gasteiger partial charge is 0.261 e. The molecule has 0 heterocycles. The van der Waals surface area contributed by atoms with Crippen molar-refractivity contribution >= 4 is 23.4 Å². The zero-order chi connectivity index (χ0) is 26.1. The standard InChI is InChI=1S/C30H35ClN2O3/c1-5-15-32-30(35)27(18-24-12-7-6-8-13-24)33(19-25-14-10-9-11-21(25)2)28(34)20-36-26-16-22(3)29(31)23(4)17-26/h6-14,16-17,27H,5,15,18-20H2,1-4H3,(H,32,35)/t27-/m0/s1. The highest BCUT2D eigenvalue weighted by atomic mass is 35.5. The molecule has 0 bridgehead atoms. The number of hydrogen-bond donors (Lipinski definition) is 1. The second kappa shape index (κ2) is 13.1. The number of benzene rings is 3. The Morgan fingerprint density at radius 2 is 1.58 bits per heavy atom. The van der Waals surface area contributed by atoms with Gasteiger partial charge in [-0.3, -0.25) is 9.59 Å². The van der Waals surface area contributed by atoms with Gasteiger partial charge < -0.3 is 15.0 Å². The predicted octanol–water partition coefficient (Wildman–Crippen LogP) is 5.81. The molecule has 0 unspecified atom stereocenters. The van der Waals surface area contributed by atoms with Crippen LogP contribution in [-0.2, 0) is 22.6 Å². The third-order valence-electron chi connectivity index (χ3n) is 6.19. The fraction of sp³-hybridized carbons (Fsp3) is 0.333. The Balaban J connectivity index is 1.92. The lowest BCUT2D eigenvalue weighted by molar-refractivity contribution is -0.142. The minimum atomic E-state index is -0.677. The van der Waals surface area contributed by atoms with Crippen molar-refractivity contribution in [2.24, 2.45) is 0 Å². The summed E-state index contributed by atoms with van der Waals surface area (Å²) in [6, 6.07) is 20.7. The maximum absolute atomic E-state index is 13.7. The number of amides is 2. The van der Waals surface area contributed by atoms with E-state index in [0.29, 0.717) is 30.3 Å². The lowest BCUT2D eigenvalue weighted by atomic mass is 10.0. The van der Waals surface area contributed by atoms with Crippen molar-refractivity contribution in [3.05, 3.63) is 99.6 Å². The predicted molar refractivity (Wildman–Crippen MR) is 145 cm³/mol. The Kier molecular flexibility index (Phi) is 9.95. The average Bonchev–Trinajstić information content (AvgIpc) is 2.88. The van der Waals surface area contributed by atoms with Crippen LogP contribution in [0.2, 0.25) is 5.02 Å². The van der Waals surface area contributed by atoms with Crippen molar-refractivity contribution < 1.29 is 14.3 Å². The van der Waals surface area contributed by atoms with E-state index < -0.39 is 6.04 Å². The molecule has 190 valence electrons. The van der Waals surface area contributed by atoms with Gasteiger partial charge in [-0.05, 0) is 67.1 Å². The van der Waals surface area contributed by atoms with Gasteiger partial charge in [0.25, 0.3) is 5.91 Å². The summed E-state index contributed by atoms with van der Waals surface area (Å²) < 4.78 is 5.91. The first-order valence-electron chi connectivity index (χ1n) is 12.3. The molecule has 2 amide bonds. The van der Waals surface area contributed by atoms with Crippen LogP contribution in [0.1, 0.15) is 41.2 Å². The minimum Gasteiger partial charge on any atom is -0.484 e. The summed E-state index contributed by atoms with van der Waals surface area (Å²) in [5, 5.41) is 3.68. The van der Waals surface area contributed by atoms with Crippen LogP contribution < -0.4 is 10.1 Å². The lowest BCUT2D eigenvalue weighted by Gasteiger charge is -2.32. The van der Waals surface area contributed by atoms with Crippen molar-refractivity contribution in [2.45, 2.75) is 53.1 Å². The molecule has 0 spiro atoms. The van der Waals surface area contributed by atoms with Crippen LogP contribution in [0.15, 0.2) is 66.7 Å². The van der Waals surface area contributed by atoms with Crippen LogP contribution >= 0.6 is 11.6 Å². The SMILES string of the molecule is CCCNC(=O)[C@H](Cc1ccccc1)N(Cc1ccccc1C)C(=O)COc1cc(C)c(Cl)c(C)c1. The summed E-state index contributed by atoms with van der Waals surface area (Å²) in [6.07, 6.45) is 1.22. The van der Waals surface area contributed by atoms with Crippen LogP contribution in [-0.4, -0.2) is 35.9 Å². The highest BCUT2D eigenvalue weighted by Crippen LogP contribution is 2.26. The van der Waals surface area contributed by atoms with E-state index in [1.165, 1.54) is 0 Å². The van der Waals surface area contributed by atoms with Crippen LogP contribution in [0, 0.1) is 20.8 Å². The molecule has 0 radical (unpaired) electrons. The summed E-state index contributed by atoms with van der Waals surface area (Å²) >= 11 is 6.29. The van der Waals surface area contributed by atoms with E-state index in [1.54, 1.807) is 4.90 Å². The van der Waals surface area contributed by atoms with Gasteiger partial charge in [0.15, 0.2) is 6.61 Å². The van der Waals surface area contributed by atoms with Crippen LogP contribution in [0.3, 0.4) is 0 Å². The van der Waals surface area contributed by atoms with Crippen molar-refractivity contribution in [1.82, 2.24) is 10.2 Å². The molecule has 6 heteroatoms. The fourth-order valence-electron chi connectivity index (χ4n) is 4.11. The van der Waals surface area contributed by atoms with Crippen LogP contribution in [0.25, 0.3) is 0 Å². The quantitative estimate of drug-likeness (QED) is 0.357. The maximum Gasteiger partial charge on any atom is 0.261 e. The zero-order valence-corrected chi connectivity index (χ0v) is 22.3. The highest BCUT2D eigenvalue weighted by molar-refractivity contribution is 6.32. The van der Waals surface area contributed by atoms with Gasteiger partial charge in [-0.2, -0.15) is 0 Å². The molecule has 3 rings (SSSR count). The first kappa shape index (κ1) is 27.3. The first-order valence-corrected chi connectivity index (χ1v) is 12.7. The maximum atomic E-state index is 13.7. The molecule has 0 aliphatic rings. The van der Waals surface area contributed by atoms with Gasteiger partial charge in [-0.1, -0.05) is 73.1 Å². The van der Waals surface area contributed by atoms with E-state index in [9.17, 15) is 9.59 Å². The fourth-order valence-corrected chi connectivity index (χ4v) is 4.22. The third-order valence-corrected chi connectivity index (χ3v) is 6.79. The van der Waals surface area contributed by atoms with Gasteiger partial charge in [-0.25, -0.2) is 0 Å². The molecule has 0 saturated heterocycles. The molecule has 3 aromatic rings. The van der Waals surface area contributed by atoms with E-state index in [4.69, 9.17) is 16.3 Å². The topological polar surface area (TPSA) is 58.6 Å². The van der Waals surface area contributed by atoms with Crippen molar-refractivity contribution in [2.75, 3.05) is 13.2 Å². The molecule has 0 saturated carbocycles. The number of nitrogens with one attached hydrogen (secondary N) is 1. The van der Waals surface area contributed by atoms with E-state index in [1.807, 2.05) is 94.4 Å². The Bertz CT molecular complexity index is 1160. The second-order valence-corrected chi connectivity index (χ2v) is 9.48. The molecule has 0 aliphatic heterocycles. The Morgan fingerprint density at radius 1 is 0.944 bits per heavy atom. The largest absolute Gasteiger partial charge is 0.484 e. The summed E-state index contributed by atoms with van der Waals surface area (Å²) in [4.78, 5) is 28.7. The van der Waals surface area contributed by atoms with Gasteiger partial charge in [0.05, 0.1) is 0 Å². The molecule has 0 aliphatic carbocycles. The number of ether oxygens (including phenoxy) is 1. The number of rotatable bonds is 11. The molecule has 36 heavy (non-hydrogen) atoms. The van der Waals surface area contributed by atoms with Crippen LogP contribution in [0.5, 0.6) is 5.75 Å². The highest BCUT2D eigenvalue weighted by Gasteiger charge is 2.30. The monoisotopic (exact) mass is 506 g/mol. The molecular weight excluding hydrogens is 472 g/mol. The molecule has 0 aromatic heterocycles. The van der Waals surface area contributed by atoms with Gasteiger partial charge in [0, 0.05) is 24.5 Å². The normalized spacial score (nSPS) is 11.6.